The van der Waals surface area contributed by atoms with Crippen LogP contribution >= 0.6 is 31.9 Å². The van der Waals surface area contributed by atoms with Gasteiger partial charge in [0.2, 0.25) is 0 Å². The van der Waals surface area contributed by atoms with Gasteiger partial charge in [-0.2, -0.15) is 0 Å². The summed E-state index contributed by atoms with van der Waals surface area (Å²) in [5.41, 5.74) is 1.49. The molecule has 0 aliphatic carbocycles. The van der Waals surface area contributed by atoms with Crippen LogP contribution in [-0.4, -0.2) is 10.9 Å². The first-order valence-corrected chi connectivity index (χ1v) is 7.01. The van der Waals surface area contributed by atoms with E-state index in [1.807, 2.05) is 6.07 Å². The zero-order valence-corrected chi connectivity index (χ0v) is 12.4. The number of hydrogen-bond acceptors (Lipinski definition) is 1. The van der Waals surface area contributed by atoms with Crippen LogP contribution in [0.1, 0.15) is 25.8 Å². The average molecular weight is 335 g/mol. The third kappa shape index (κ3) is 4.66. The summed E-state index contributed by atoms with van der Waals surface area (Å²) in [6.45, 7) is 5.36. The Morgan fingerprint density at radius 3 is 2.53 bits per heavy atom. The van der Waals surface area contributed by atoms with Gasteiger partial charge in [0.05, 0.1) is 0 Å². The van der Waals surface area contributed by atoms with Crippen molar-refractivity contribution < 1.29 is 0 Å². The van der Waals surface area contributed by atoms with E-state index in [0.29, 0.717) is 0 Å². The highest BCUT2D eigenvalue weighted by molar-refractivity contribution is 9.10. The molecule has 0 unspecified atom stereocenters. The van der Waals surface area contributed by atoms with Crippen molar-refractivity contribution in [3.05, 3.63) is 34.3 Å². The molecule has 0 saturated heterocycles. The molecule has 0 aliphatic heterocycles. The maximum Gasteiger partial charge on any atom is 0.0221 e. The minimum Gasteiger partial charge on any atom is -0.308 e. The van der Waals surface area contributed by atoms with Crippen LogP contribution in [0.25, 0.3) is 0 Å². The highest BCUT2D eigenvalue weighted by Crippen LogP contribution is 2.17. The highest BCUT2D eigenvalue weighted by atomic mass is 79.9. The normalized spacial score (nSPS) is 11.7. The number of halogens is 2. The molecular weight excluding hydrogens is 318 g/mol. The molecule has 0 amide bonds. The fourth-order valence-electron chi connectivity index (χ4n) is 1.30. The Balaban J connectivity index is 2.53. The van der Waals surface area contributed by atoms with E-state index < -0.39 is 0 Å². The molecule has 0 atom stereocenters. The van der Waals surface area contributed by atoms with Gasteiger partial charge in [0.15, 0.2) is 0 Å². The smallest absolute Gasteiger partial charge is 0.0221 e. The van der Waals surface area contributed by atoms with Crippen LogP contribution in [-0.2, 0) is 6.54 Å². The predicted molar refractivity (Wildman–Crippen MR) is 73.5 cm³/mol. The first-order chi connectivity index (χ1) is 7.05. The lowest BCUT2D eigenvalue weighted by Crippen LogP contribution is -2.39. The molecule has 15 heavy (non-hydrogen) atoms. The Bertz CT molecular complexity index is 310. The summed E-state index contributed by atoms with van der Waals surface area (Å²) < 4.78 is 1.17. The van der Waals surface area contributed by atoms with Gasteiger partial charge in [-0.1, -0.05) is 50.1 Å². The molecule has 1 nitrogen and oxygen atoms in total. The molecule has 1 rings (SSSR count). The molecule has 0 aromatic heterocycles. The zero-order valence-electron chi connectivity index (χ0n) is 9.19. The van der Waals surface area contributed by atoms with E-state index in [0.717, 1.165) is 18.3 Å². The molecule has 84 valence electrons. The van der Waals surface area contributed by atoms with Gasteiger partial charge in [-0.3, -0.25) is 0 Å². The maximum atomic E-state index is 3.56. The van der Waals surface area contributed by atoms with Gasteiger partial charge in [-0.25, -0.2) is 0 Å². The zero-order chi connectivity index (χ0) is 11.3. The van der Waals surface area contributed by atoms with Crippen LogP contribution < -0.4 is 5.32 Å². The van der Waals surface area contributed by atoms with Crippen LogP contribution in [0.5, 0.6) is 0 Å². The lowest BCUT2D eigenvalue weighted by Gasteiger charge is -2.25. The highest BCUT2D eigenvalue weighted by Gasteiger charge is 2.15. The molecule has 0 fully saturated rings. The van der Waals surface area contributed by atoms with Crippen LogP contribution in [0, 0.1) is 0 Å². The minimum atomic E-state index is 0.179. The monoisotopic (exact) mass is 333 g/mol. The molecule has 0 aliphatic rings. The van der Waals surface area contributed by atoms with Crippen molar-refractivity contribution in [3.8, 4) is 0 Å². The number of hydrogen-bond donors (Lipinski definition) is 1. The predicted octanol–water partition coefficient (Wildman–Crippen LogP) is 4.10. The summed E-state index contributed by atoms with van der Waals surface area (Å²) in [5, 5.41) is 4.59. The number of alkyl halides is 1. The molecular formula is C12H17Br2N. The lowest BCUT2D eigenvalue weighted by molar-refractivity contribution is 0.378. The Labute approximate surface area is 109 Å². The summed E-state index contributed by atoms with van der Waals surface area (Å²) in [5.74, 6) is 0. The van der Waals surface area contributed by atoms with Crippen LogP contribution in [0.4, 0.5) is 0 Å². The van der Waals surface area contributed by atoms with E-state index in [1.165, 1.54) is 10.0 Å². The molecule has 3 heteroatoms. The standard InChI is InChI=1S/C12H17Br2N/c1-12(2,7-8-13)15-9-10-5-3-4-6-11(10)14/h3-6,15H,7-9H2,1-2H3. The first kappa shape index (κ1) is 13.2. The Morgan fingerprint density at radius 2 is 1.93 bits per heavy atom. The van der Waals surface area contributed by atoms with E-state index in [2.05, 4.69) is 69.2 Å². The van der Waals surface area contributed by atoms with Crippen molar-refractivity contribution in [1.82, 2.24) is 5.32 Å². The van der Waals surface area contributed by atoms with Gasteiger partial charge in [0.1, 0.15) is 0 Å². The van der Waals surface area contributed by atoms with Gasteiger partial charge in [-0.05, 0) is 31.9 Å². The second-order valence-electron chi connectivity index (χ2n) is 4.27. The number of nitrogens with one attached hydrogen (secondary N) is 1. The van der Waals surface area contributed by atoms with Crippen molar-refractivity contribution >= 4 is 31.9 Å². The number of benzene rings is 1. The molecule has 1 N–H and O–H groups in total. The quantitative estimate of drug-likeness (QED) is 0.799. The van der Waals surface area contributed by atoms with E-state index in [4.69, 9.17) is 0 Å². The van der Waals surface area contributed by atoms with Gasteiger partial charge < -0.3 is 5.32 Å². The van der Waals surface area contributed by atoms with E-state index >= 15 is 0 Å². The first-order valence-electron chi connectivity index (χ1n) is 5.09. The molecule has 0 heterocycles. The average Bonchev–Trinajstić information content (AvgIpc) is 2.16. The summed E-state index contributed by atoms with van der Waals surface area (Å²) >= 11 is 7.03. The van der Waals surface area contributed by atoms with Crippen LogP contribution in [0.15, 0.2) is 28.7 Å². The van der Waals surface area contributed by atoms with Crippen molar-refractivity contribution in [3.63, 3.8) is 0 Å². The van der Waals surface area contributed by atoms with E-state index in [9.17, 15) is 0 Å². The summed E-state index contributed by atoms with van der Waals surface area (Å²) in [7, 11) is 0. The van der Waals surface area contributed by atoms with Gasteiger partial charge in [0, 0.05) is 21.9 Å². The third-order valence-electron chi connectivity index (χ3n) is 2.43. The molecule has 1 aromatic carbocycles. The largest absolute Gasteiger partial charge is 0.308 e. The van der Waals surface area contributed by atoms with Crippen molar-refractivity contribution in [1.29, 1.82) is 0 Å². The second-order valence-corrected chi connectivity index (χ2v) is 5.92. The summed E-state index contributed by atoms with van der Waals surface area (Å²) in [6.07, 6.45) is 1.12. The minimum absolute atomic E-state index is 0.179. The summed E-state index contributed by atoms with van der Waals surface area (Å²) in [6, 6.07) is 8.33. The SMILES string of the molecule is CC(C)(CCBr)NCc1ccccc1Br. The topological polar surface area (TPSA) is 12.0 Å². The van der Waals surface area contributed by atoms with Crippen molar-refractivity contribution in [2.24, 2.45) is 0 Å². The maximum absolute atomic E-state index is 3.56. The van der Waals surface area contributed by atoms with Gasteiger partial charge in [-0.15, -0.1) is 0 Å². The van der Waals surface area contributed by atoms with E-state index in [1.54, 1.807) is 0 Å². The fraction of sp³-hybridized carbons (Fsp3) is 0.500. The number of rotatable bonds is 5. The fourth-order valence-corrected chi connectivity index (χ4v) is 2.72. The Kier molecular flexibility index (Phi) is 5.30. The molecule has 1 aromatic rings. The molecule has 0 bridgehead atoms. The molecule has 0 spiro atoms. The third-order valence-corrected chi connectivity index (χ3v) is 3.60. The molecule has 0 radical (unpaired) electrons. The summed E-state index contributed by atoms with van der Waals surface area (Å²) in [4.78, 5) is 0. The van der Waals surface area contributed by atoms with Crippen molar-refractivity contribution in [2.75, 3.05) is 5.33 Å². The van der Waals surface area contributed by atoms with Crippen molar-refractivity contribution in [2.45, 2.75) is 32.4 Å². The molecule has 0 saturated carbocycles. The Hall–Kier alpha value is 0.140. The van der Waals surface area contributed by atoms with E-state index in [-0.39, 0.29) is 5.54 Å². The Morgan fingerprint density at radius 1 is 1.27 bits per heavy atom. The second kappa shape index (κ2) is 6.02. The van der Waals surface area contributed by atoms with Gasteiger partial charge >= 0.3 is 0 Å². The van der Waals surface area contributed by atoms with Gasteiger partial charge in [0.25, 0.3) is 0 Å². The lowest BCUT2D eigenvalue weighted by atomic mass is 10.0. The van der Waals surface area contributed by atoms with Crippen LogP contribution in [0.2, 0.25) is 0 Å². The van der Waals surface area contributed by atoms with Crippen LogP contribution in [0.3, 0.4) is 0 Å².